The summed E-state index contributed by atoms with van der Waals surface area (Å²) in [5, 5.41) is 0. The fourth-order valence-corrected chi connectivity index (χ4v) is 3.12. The molecule has 0 saturated carbocycles. The van der Waals surface area contributed by atoms with Crippen LogP contribution in [0.1, 0.15) is 46.5 Å². The van der Waals surface area contributed by atoms with Gasteiger partial charge in [-0.1, -0.05) is 32.1 Å². The molecule has 0 aromatic carbocycles. The molecule has 0 spiro atoms. The summed E-state index contributed by atoms with van der Waals surface area (Å²) in [6.45, 7) is 9.51. The smallest absolute Gasteiger partial charge is 0.334 e. The molecule has 0 aromatic heterocycles. The third kappa shape index (κ3) is 4.47. The highest BCUT2D eigenvalue weighted by molar-refractivity contribution is 5.91. The summed E-state index contributed by atoms with van der Waals surface area (Å²) in [6, 6.07) is 0. The van der Waals surface area contributed by atoms with Crippen LogP contribution in [0.4, 0.5) is 0 Å². The van der Waals surface area contributed by atoms with E-state index in [0.717, 1.165) is 18.3 Å². The molecule has 1 fully saturated rings. The first kappa shape index (κ1) is 19.2. The minimum atomic E-state index is -0.649. The lowest BCUT2D eigenvalue weighted by atomic mass is 9.85. The van der Waals surface area contributed by atoms with Crippen LogP contribution in [0.15, 0.2) is 35.5 Å². The molecule has 136 valence electrons. The third-order valence-electron chi connectivity index (χ3n) is 4.93. The zero-order valence-corrected chi connectivity index (χ0v) is 15.1. The lowest BCUT2D eigenvalue weighted by Gasteiger charge is -2.28. The zero-order chi connectivity index (χ0) is 18.6. The van der Waals surface area contributed by atoms with Crippen LogP contribution in [-0.4, -0.2) is 30.4 Å². The maximum absolute atomic E-state index is 12.3. The van der Waals surface area contributed by atoms with E-state index in [1.165, 1.54) is 0 Å². The molecule has 0 bridgehead atoms. The van der Waals surface area contributed by atoms with Crippen LogP contribution in [-0.2, 0) is 23.9 Å². The molecule has 1 heterocycles. The predicted molar refractivity (Wildman–Crippen MR) is 93.6 cm³/mol. The van der Waals surface area contributed by atoms with Crippen LogP contribution in [0, 0.1) is 11.8 Å². The van der Waals surface area contributed by atoms with E-state index in [0.29, 0.717) is 24.0 Å². The molecule has 2 aliphatic rings. The highest BCUT2D eigenvalue weighted by Gasteiger charge is 2.44. The van der Waals surface area contributed by atoms with Crippen molar-refractivity contribution in [3.05, 3.63) is 35.5 Å². The normalized spacial score (nSPS) is 32.4. The van der Waals surface area contributed by atoms with E-state index in [1.807, 2.05) is 26.0 Å². The number of rotatable bonds is 4. The Kier molecular flexibility index (Phi) is 6.34. The molecule has 25 heavy (non-hydrogen) atoms. The van der Waals surface area contributed by atoms with Gasteiger partial charge in [-0.3, -0.25) is 9.59 Å². The summed E-state index contributed by atoms with van der Waals surface area (Å²) in [4.78, 5) is 35.8. The quantitative estimate of drug-likeness (QED) is 0.338. The number of carbonyl (C=O) groups is 3. The summed E-state index contributed by atoms with van der Waals surface area (Å²) in [5.74, 6) is -1.53. The Bertz CT molecular complexity index is 628. The monoisotopic (exact) mass is 346 g/mol. The molecule has 0 aromatic rings. The van der Waals surface area contributed by atoms with Crippen molar-refractivity contribution in [1.29, 1.82) is 0 Å². The maximum Gasteiger partial charge on any atom is 0.334 e. The fourth-order valence-electron chi connectivity index (χ4n) is 3.12. The van der Waals surface area contributed by atoms with Crippen molar-refractivity contribution in [3.63, 3.8) is 0 Å². The minimum absolute atomic E-state index is 0.249. The van der Waals surface area contributed by atoms with Crippen molar-refractivity contribution in [1.82, 2.24) is 0 Å². The molecule has 0 N–H and O–H groups in total. The minimum Gasteiger partial charge on any atom is -0.461 e. The summed E-state index contributed by atoms with van der Waals surface area (Å²) in [6.07, 6.45) is 5.82. The Labute approximate surface area is 148 Å². The average Bonchev–Trinajstić information content (AvgIpc) is 2.85. The van der Waals surface area contributed by atoms with Gasteiger partial charge in [0.05, 0.1) is 11.8 Å². The first-order valence-corrected chi connectivity index (χ1v) is 8.79. The Hall–Kier alpha value is -2.17. The van der Waals surface area contributed by atoms with Crippen LogP contribution in [0.5, 0.6) is 0 Å². The van der Waals surface area contributed by atoms with Gasteiger partial charge in [0, 0.05) is 12.0 Å². The van der Waals surface area contributed by atoms with Crippen LogP contribution in [0.2, 0.25) is 0 Å². The van der Waals surface area contributed by atoms with Gasteiger partial charge in [0.1, 0.15) is 18.5 Å². The van der Waals surface area contributed by atoms with Crippen molar-refractivity contribution in [2.24, 2.45) is 11.8 Å². The van der Waals surface area contributed by atoms with E-state index >= 15 is 0 Å². The fraction of sp³-hybridized carbons (Fsp3) is 0.550. The van der Waals surface area contributed by atoms with E-state index in [1.54, 1.807) is 6.92 Å². The van der Waals surface area contributed by atoms with E-state index in [4.69, 9.17) is 9.47 Å². The first-order chi connectivity index (χ1) is 11.9. The van der Waals surface area contributed by atoms with E-state index in [9.17, 15) is 14.4 Å². The Morgan fingerprint density at radius 1 is 1.52 bits per heavy atom. The molecule has 1 aliphatic heterocycles. The van der Waals surface area contributed by atoms with E-state index in [-0.39, 0.29) is 18.3 Å². The largest absolute Gasteiger partial charge is 0.461 e. The Balaban J connectivity index is 2.39. The molecule has 0 amide bonds. The second-order valence-corrected chi connectivity index (χ2v) is 6.86. The lowest BCUT2D eigenvalue weighted by molar-refractivity contribution is -0.156. The van der Waals surface area contributed by atoms with Gasteiger partial charge in [-0.2, -0.15) is 0 Å². The summed E-state index contributed by atoms with van der Waals surface area (Å²) in [5.41, 5.74) is 1.93. The van der Waals surface area contributed by atoms with Crippen molar-refractivity contribution in [2.75, 3.05) is 0 Å². The number of hydrogen-bond donors (Lipinski definition) is 0. The Morgan fingerprint density at radius 3 is 2.88 bits per heavy atom. The summed E-state index contributed by atoms with van der Waals surface area (Å²) in [7, 11) is 0. The molecule has 1 aliphatic carbocycles. The van der Waals surface area contributed by atoms with Crippen LogP contribution in [0.3, 0.4) is 0 Å². The molecule has 4 atom stereocenters. The highest BCUT2D eigenvalue weighted by atomic mass is 16.6. The number of ether oxygens (including phenoxy) is 2. The van der Waals surface area contributed by atoms with Crippen molar-refractivity contribution >= 4 is 18.2 Å². The number of esters is 2. The van der Waals surface area contributed by atoms with Crippen LogP contribution < -0.4 is 0 Å². The van der Waals surface area contributed by atoms with Gasteiger partial charge >= 0.3 is 11.9 Å². The molecular formula is C20H26O5. The number of carbonyl (C=O) groups excluding carboxylic acids is 3. The standard InChI is InChI=1S/C20H26O5/c1-5-13(3)19(22)24-17-10-15(11-21)8-6-7-12(2)9-16-18(17)14(4)20(23)25-16/h8-9,11,13,16-18H,4-7,10H2,1-3H3/b12-9+,15-8+/t13-,16+,17-,18+/m1/s1. The predicted octanol–water partition coefficient (Wildman–Crippen LogP) is 3.30. The SMILES string of the molecule is C=C1C(=O)O[C@H]2/C=C(\C)CC/C=C(/C=O)C[C@@H](OC(=O)[C@H](C)CC)[C@@H]12. The topological polar surface area (TPSA) is 69.7 Å². The second kappa shape index (κ2) is 8.28. The number of aldehydes is 1. The van der Waals surface area contributed by atoms with Gasteiger partial charge in [0.15, 0.2) is 0 Å². The first-order valence-electron chi connectivity index (χ1n) is 8.79. The van der Waals surface area contributed by atoms with Crippen molar-refractivity contribution in [2.45, 2.75) is 58.7 Å². The van der Waals surface area contributed by atoms with Crippen molar-refractivity contribution < 1.29 is 23.9 Å². The van der Waals surface area contributed by atoms with E-state index < -0.39 is 24.1 Å². The lowest BCUT2D eigenvalue weighted by Crippen LogP contribution is -2.35. The molecule has 1 saturated heterocycles. The molecule has 5 heteroatoms. The molecule has 0 radical (unpaired) electrons. The summed E-state index contributed by atoms with van der Waals surface area (Å²) >= 11 is 0. The molecule has 0 unspecified atom stereocenters. The molecular weight excluding hydrogens is 320 g/mol. The second-order valence-electron chi connectivity index (χ2n) is 6.86. The third-order valence-corrected chi connectivity index (χ3v) is 4.93. The van der Waals surface area contributed by atoms with Gasteiger partial charge in [-0.15, -0.1) is 0 Å². The van der Waals surface area contributed by atoms with Crippen molar-refractivity contribution in [3.8, 4) is 0 Å². The van der Waals surface area contributed by atoms with Gasteiger partial charge < -0.3 is 9.47 Å². The van der Waals surface area contributed by atoms with Gasteiger partial charge in [0.2, 0.25) is 0 Å². The highest BCUT2D eigenvalue weighted by Crippen LogP contribution is 2.36. The van der Waals surface area contributed by atoms with Crippen LogP contribution >= 0.6 is 0 Å². The molecule has 2 rings (SSSR count). The average molecular weight is 346 g/mol. The Morgan fingerprint density at radius 2 is 2.24 bits per heavy atom. The maximum atomic E-state index is 12.3. The van der Waals surface area contributed by atoms with Crippen LogP contribution in [0.25, 0.3) is 0 Å². The number of hydrogen-bond acceptors (Lipinski definition) is 5. The number of allylic oxidation sites excluding steroid dienone is 2. The molecule has 5 nitrogen and oxygen atoms in total. The number of fused-ring (bicyclic) bond motifs is 1. The van der Waals surface area contributed by atoms with Gasteiger partial charge in [0.25, 0.3) is 0 Å². The summed E-state index contributed by atoms with van der Waals surface area (Å²) < 4.78 is 11.1. The van der Waals surface area contributed by atoms with Gasteiger partial charge in [-0.25, -0.2) is 4.79 Å². The van der Waals surface area contributed by atoms with Gasteiger partial charge in [-0.05, 0) is 37.8 Å². The van der Waals surface area contributed by atoms with E-state index in [2.05, 4.69) is 6.58 Å². The zero-order valence-electron chi connectivity index (χ0n) is 15.1.